The Morgan fingerprint density at radius 2 is 1.88 bits per heavy atom. The van der Waals surface area contributed by atoms with Gasteiger partial charge in [-0.2, -0.15) is 4.98 Å². The van der Waals surface area contributed by atoms with Crippen LogP contribution in [0.15, 0.2) is 53.1 Å². The summed E-state index contributed by atoms with van der Waals surface area (Å²) < 4.78 is 11.7. The van der Waals surface area contributed by atoms with Crippen molar-refractivity contribution in [3.8, 4) is 11.5 Å². The lowest BCUT2D eigenvalue weighted by Gasteiger charge is -2.11. The van der Waals surface area contributed by atoms with Crippen LogP contribution in [0.1, 0.15) is 5.56 Å². The predicted octanol–water partition coefficient (Wildman–Crippen LogP) is 4.76. The van der Waals surface area contributed by atoms with Crippen LogP contribution in [0.2, 0.25) is 0 Å². The Labute approximate surface area is 153 Å². The van der Waals surface area contributed by atoms with Gasteiger partial charge in [-0.25, -0.2) is 4.98 Å². The number of aryl methyl sites for hydroxylation is 1. The van der Waals surface area contributed by atoms with Crippen molar-refractivity contribution in [1.29, 1.82) is 0 Å². The fraction of sp³-hybridized carbons (Fsp3) is 0.111. The average Bonchev–Trinajstić information content (AvgIpc) is 3.05. The number of hydrogen-bond donors (Lipinski definition) is 2. The molecule has 4 rings (SSSR count). The molecule has 0 saturated carbocycles. The Balaban J connectivity index is 1.53. The average molecular weight is 399 g/mol. The van der Waals surface area contributed by atoms with Crippen LogP contribution in [-0.4, -0.2) is 16.8 Å². The van der Waals surface area contributed by atoms with Crippen LogP contribution in [0.4, 0.5) is 23.1 Å². The third-order valence-corrected chi connectivity index (χ3v) is 4.23. The van der Waals surface area contributed by atoms with Crippen molar-refractivity contribution in [2.45, 2.75) is 6.92 Å². The Bertz CT molecular complexity index is 933. The molecule has 126 valence electrons. The van der Waals surface area contributed by atoms with E-state index in [4.69, 9.17) is 9.47 Å². The fourth-order valence-corrected chi connectivity index (χ4v) is 2.97. The van der Waals surface area contributed by atoms with Gasteiger partial charge in [0.2, 0.25) is 12.7 Å². The lowest BCUT2D eigenvalue weighted by Crippen LogP contribution is -2.01. The van der Waals surface area contributed by atoms with E-state index in [1.165, 1.54) is 0 Å². The number of halogens is 1. The minimum absolute atomic E-state index is 0.251. The number of anilines is 4. The molecule has 0 unspecified atom stereocenters. The van der Waals surface area contributed by atoms with Crippen LogP contribution in [-0.2, 0) is 0 Å². The third kappa shape index (κ3) is 3.51. The molecule has 0 radical (unpaired) electrons. The first-order chi connectivity index (χ1) is 12.2. The first kappa shape index (κ1) is 15.7. The van der Waals surface area contributed by atoms with E-state index in [0.29, 0.717) is 17.5 Å². The molecule has 0 atom stereocenters. The molecule has 2 aromatic carbocycles. The summed E-state index contributed by atoms with van der Waals surface area (Å²) in [6.07, 6.45) is 1.71. The highest BCUT2D eigenvalue weighted by Gasteiger charge is 2.13. The summed E-state index contributed by atoms with van der Waals surface area (Å²) >= 11 is 3.47. The maximum absolute atomic E-state index is 5.38. The number of nitrogens with zero attached hydrogens (tertiary/aromatic N) is 2. The van der Waals surface area contributed by atoms with Gasteiger partial charge >= 0.3 is 0 Å². The lowest BCUT2D eigenvalue weighted by molar-refractivity contribution is 0.174. The van der Waals surface area contributed by atoms with Crippen LogP contribution in [0, 0.1) is 6.92 Å². The van der Waals surface area contributed by atoms with Gasteiger partial charge in [0.25, 0.3) is 0 Å². The second kappa shape index (κ2) is 6.60. The van der Waals surface area contributed by atoms with Crippen molar-refractivity contribution in [1.82, 2.24) is 9.97 Å². The molecule has 0 aliphatic carbocycles. The summed E-state index contributed by atoms with van der Waals surface area (Å²) in [5.41, 5.74) is 2.95. The first-order valence-electron chi connectivity index (χ1n) is 7.70. The van der Waals surface area contributed by atoms with Gasteiger partial charge in [-0.1, -0.05) is 15.9 Å². The molecule has 25 heavy (non-hydrogen) atoms. The van der Waals surface area contributed by atoms with E-state index in [0.717, 1.165) is 27.2 Å². The van der Waals surface area contributed by atoms with Crippen molar-refractivity contribution in [3.05, 3.63) is 58.7 Å². The molecular formula is C18H15BrN4O2. The summed E-state index contributed by atoms with van der Waals surface area (Å²) in [5.74, 6) is 2.67. The number of benzene rings is 2. The molecular weight excluding hydrogens is 384 g/mol. The maximum Gasteiger partial charge on any atom is 0.231 e. The van der Waals surface area contributed by atoms with E-state index in [-0.39, 0.29) is 6.79 Å². The molecule has 7 heteroatoms. The summed E-state index contributed by atoms with van der Waals surface area (Å²) in [5, 5.41) is 6.49. The standard InChI is InChI=1S/C18H15BrN4O2/c1-11-8-12(19)2-4-14(11)22-17-6-7-20-18(23-17)21-13-3-5-15-16(9-13)25-10-24-15/h2-9H,10H2,1H3,(H2,20,21,22,23). The van der Waals surface area contributed by atoms with Gasteiger partial charge in [-0.3, -0.25) is 0 Å². The van der Waals surface area contributed by atoms with Gasteiger partial charge in [0.05, 0.1) is 0 Å². The fourth-order valence-electron chi connectivity index (χ4n) is 2.50. The lowest BCUT2D eigenvalue weighted by atomic mass is 10.2. The molecule has 1 aliphatic rings. The summed E-state index contributed by atoms with van der Waals surface area (Å²) in [4.78, 5) is 8.77. The molecule has 1 aromatic heterocycles. The van der Waals surface area contributed by atoms with Crippen molar-refractivity contribution in [2.75, 3.05) is 17.4 Å². The Morgan fingerprint density at radius 1 is 1.00 bits per heavy atom. The van der Waals surface area contributed by atoms with E-state index in [9.17, 15) is 0 Å². The molecule has 0 spiro atoms. The monoisotopic (exact) mass is 398 g/mol. The van der Waals surface area contributed by atoms with Gasteiger partial charge < -0.3 is 20.1 Å². The maximum atomic E-state index is 5.38. The second-order valence-corrected chi connectivity index (χ2v) is 6.46. The number of nitrogens with one attached hydrogen (secondary N) is 2. The van der Waals surface area contributed by atoms with Crippen LogP contribution in [0.5, 0.6) is 11.5 Å². The van der Waals surface area contributed by atoms with Gasteiger partial charge in [0.15, 0.2) is 11.5 Å². The summed E-state index contributed by atoms with van der Waals surface area (Å²) in [7, 11) is 0. The van der Waals surface area contributed by atoms with Crippen molar-refractivity contribution in [3.63, 3.8) is 0 Å². The molecule has 6 nitrogen and oxygen atoms in total. The Morgan fingerprint density at radius 3 is 2.76 bits per heavy atom. The SMILES string of the molecule is Cc1cc(Br)ccc1Nc1ccnc(Nc2ccc3c(c2)OCO3)n1. The molecule has 0 saturated heterocycles. The molecule has 0 bridgehead atoms. The van der Waals surface area contributed by atoms with Crippen molar-refractivity contribution < 1.29 is 9.47 Å². The topological polar surface area (TPSA) is 68.3 Å². The minimum atomic E-state index is 0.251. The first-order valence-corrected chi connectivity index (χ1v) is 8.49. The molecule has 2 N–H and O–H groups in total. The molecule has 2 heterocycles. The number of aromatic nitrogens is 2. The third-order valence-electron chi connectivity index (χ3n) is 3.74. The Kier molecular flexibility index (Phi) is 4.15. The largest absolute Gasteiger partial charge is 0.454 e. The van der Waals surface area contributed by atoms with Gasteiger partial charge in [0, 0.05) is 28.1 Å². The number of ether oxygens (including phenoxy) is 2. The second-order valence-electron chi connectivity index (χ2n) is 5.54. The zero-order valence-corrected chi connectivity index (χ0v) is 15.0. The van der Waals surface area contributed by atoms with E-state index in [1.54, 1.807) is 6.20 Å². The van der Waals surface area contributed by atoms with E-state index in [2.05, 4.69) is 42.6 Å². The quantitative estimate of drug-likeness (QED) is 0.659. The van der Waals surface area contributed by atoms with Gasteiger partial charge in [0.1, 0.15) is 5.82 Å². The van der Waals surface area contributed by atoms with Crippen molar-refractivity contribution in [2.24, 2.45) is 0 Å². The number of hydrogen-bond acceptors (Lipinski definition) is 6. The highest BCUT2D eigenvalue weighted by molar-refractivity contribution is 9.10. The van der Waals surface area contributed by atoms with Crippen LogP contribution in [0.3, 0.4) is 0 Å². The molecule has 1 aliphatic heterocycles. The highest BCUT2D eigenvalue weighted by Crippen LogP contribution is 2.34. The highest BCUT2D eigenvalue weighted by atomic mass is 79.9. The predicted molar refractivity (Wildman–Crippen MR) is 100 cm³/mol. The van der Waals surface area contributed by atoms with Gasteiger partial charge in [-0.05, 0) is 48.9 Å². The summed E-state index contributed by atoms with van der Waals surface area (Å²) in [6.45, 7) is 2.29. The van der Waals surface area contributed by atoms with Gasteiger partial charge in [-0.15, -0.1) is 0 Å². The van der Waals surface area contributed by atoms with E-state index < -0.39 is 0 Å². The van der Waals surface area contributed by atoms with Crippen LogP contribution < -0.4 is 20.1 Å². The minimum Gasteiger partial charge on any atom is -0.454 e. The zero-order valence-electron chi connectivity index (χ0n) is 13.4. The molecule has 0 amide bonds. The smallest absolute Gasteiger partial charge is 0.231 e. The van der Waals surface area contributed by atoms with Crippen LogP contribution in [0.25, 0.3) is 0 Å². The number of fused-ring (bicyclic) bond motifs is 1. The normalized spacial score (nSPS) is 12.1. The van der Waals surface area contributed by atoms with E-state index in [1.807, 2.05) is 43.3 Å². The van der Waals surface area contributed by atoms with E-state index >= 15 is 0 Å². The molecule has 0 fully saturated rings. The number of rotatable bonds is 4. The van der Waals surface area contributed by atoms with Crippen molar-refractivity contribution >= 4 is 39.1 Å². The summed E-state index contributed by atoms with van der Waals surface area (Å²) in [6, 6.07) is 13.5. The van der Waals surface area contributed by atoms with Crippen LogP contribution >= 0.6 is 15.9 Å². The zero-order chi connectivity index (χ0) is 17.2. The molecule has 3 aromatic rings. The Hall–Kier alpha value is -2.80.